The molecule has 1 heterocycles. The second kappa shape index (κ2) is 4.97. The van der Waals surface area contributed by atoms with Crippen molar-refractivity contribution in [3.8, 4) is 0 Å². The average Bonchev–Trinajstić information content (AvgIpc) is 2.80. The molecule has 0 amide bonds. The Balaban J connectivity index is 2.11. The molecule has 0 radical (unpaired) electrons. The van der Waals surface area contributed by atoms with E-state index in [2.05, 4.69) is 36.6 Å². The fourth-order valence-electron chi connectivity index (χ4n) is 3.33. The highest BCUT2D eigenvalue weighted by Crippen LogP contribution is 2.35. The highest BCUT2D eigenvalue weighted by atomic mass is 16.3. The summed E-state index contributed by atoms with van der Waals surface area (Å²) in [6.07, 6.45) is 3.76. The number of nitrogens with zero attached hydrogens (tertiary/aromatic N) is 2. The van der Waals surface area contributed by atoms with E-state index in [1.165, 1.54) is 0 Å². The van der Waals surface area contributed by atoms with Crippen LogP contribution < -0.4 is 0 Å². The first-order valence-corrected chi connectivity index (χ1v) is 7.34. The number of imidazole rings is 1. The molecule has 0 aliphatic heterocycles. The Kier molecular flexibility index (Phi) is 3.31. The number of aliphatic hydroxyl groups excluding tert-OH is 1. The first-order valence-electron chi connectivity index (χ1n) is 7.34. The van der Waals surface area contributed by atoms with Crippen LogP contribution in [0.15, 0.2) is 24.3 Å². The fourth-order valence-corrected chi connectivity index (χ4v) is 3.33. The van der Waals surface area contributed by atoms with Crippen LogP contribution in [0.3, 0.4) is 0 Å². The number of fused-ring (bicyclic) bond motifs is 1. The first kappa shape index (κ1) is 12.7. The highest BCUT2D eigenvalue weighted by molar-refractivity contribution is 5.76. The van der Waals surface area contributed by atoms with E-state index in [4.69, 9.17) is 4.98 Å². The Morgan fingerprint density at radius 1 is 1.32 bits per heavy atom. The van der Waals surface area contributed by atoms with Crippen LogP contribution in [-0.4, -0.2) is 20.8 Å². The van der Waals surface area contributed by atoms with E-state index in [-0.39, 0.29) is 12.1 Å². The predicted molar refractivity (Wildman–Crippen MR) is 77.2 cm³/mol. The Bertz CT molecular complexity index is 575. The number of aliphatic hydroxyl groups is 1. The lowest BCUT2D eigenvalue weighted by atomic mass is 9.84. The standard InChI is InChI=1S/C16H22N2O/c1-3-16-17-12-6-4-5-7-13(12)18(16)14-10-11(2)8-9-15(14)19/h4-7,11,14-15,19H,3,8-10H2,1-2H3. The quantitative estimate of drug-likeness (QED) is 0.897. The monoisotopic (exact) mass is 258 g/mol. The van der Waals surface area contributed by atoms with Gasteiger partial charge in [0.25, 0.3) is 0 Å². The summed E-state index contributed by atoms with van der Waals surface area (Å²) in [7, 11) is 0. The van der Waals surface area contributed by atoms with Crippen LogP contribution in [0.1, 0.15) is 45.0 Å². The maximum Gasteiger partial charge on any atom is 0.109 e. The highest BCUT2D eigenvalue weighted by Gasteiger charge is 2.30. The molecule has 1 aromatic heterocycles. The maximum absolute atomic E-state index is 10.4. The summed E-state index contributed by atoms with van der Waals surface area (Å²) in [5.41, 5.74) is 2.21. The SMILES string of the molecule is CCc1nc2ccccc2n1C1CC(C)CCC1O. The van der Waals surface area contributed by atoms with Crippen molar-refractivity contribution < 1.29 is 5.11 Å². The third-order valence-corrected chi connectivity index (χ3v) is 4.36. The lowest BCUT2D eigenvalue weighted by Crippen LogP contribution is -2.31. The number of hydrogen-bond donors (Lipinski definition) is 1. The van der Waals surface area contributed by atoms with E-state index in [1.807, 2.05) is 6.07 Å². The molecule has 3 atom stereocenters. The van der Waals surface area contributed by atoms with Crippen LogP contribution in [0.25, 0.3) is 11.0 Å². The summed E-state index contributed by atoms with van der Waals surface area (Å²) >= 11 is 0. The van der Waals surface area contributed by atoms with Gasteiger partial charge in [-0.25, -0.2) is 4.98 Å². The molecule has 1 N–H and O–H groups in total. The molecule has 3 heteroatoms. The Labute approximate surface area is 114 Å². The first-order chi connectivity index (χ1) is 9.20. The zero-order valence-electron chi connectivity index (χ0n) is 11.7. The maximum atomic E-state index is 10.4. The number of benzene rings is 1. The predicted octanol–water partition coefficient (Wildman–Crippen LogP) is 3.32. The van der Waals surface area contributed by atoms with Crippen molar-refractivity contribution in [2.24, 2.45) is 5.92 Å². The van der Waals surface area contributed by atoms with Gasteiger partial charge in [-0.05, 0) is 37.3 Å². The van der Waals surface area contributed by atoms with Gasteiger partial charge in [0.2, 0.25) is 0 Å². The molecule has 0 spiro atoms. The third kappa shape index (κ3) is 2.16. The molecule has 1 saturated carbocycles. The molecule has 3 nitrogen and oxygen atoms in total. The van der Waals surface area contributed by atoms with Gasteiger partial charge in [-0.1, -0.05) is 26.0 Å². The van der Waals surface area contributed by atoms with E-state index in [9.17, 15) is 5.11 Å². The minimum atomic E-state index is -0.237. The molecule has 3 rings (SSSR count). The molecule has 19 heavy (non-hydrogen) atoms. The van der Waals surface area contributed by atoms with Crippen molar-refractivity contribution in [3.63, 3.8) is 0 Å². The molecule has 0 saturated heterocycles. The van der Waals surface area contributed by atoms with Crippen molar-refractivity contribution in [2.75, 3.05) is 0 Å². The van der Waals surface area contributed by atoms with Gasteiger partial charge in [-0.15, -0.1) is 0 Å². The van der Waals surface area contributed by atoms with Gasteiger partial charge >= 0.3 is 0 Å². The summed E-state index contributed by atoms with van der Waals surface area (Å²) in [6, 6.07) is 8.44. The van der Waals surface area contributed by atoms with E-state index < -0.39 is 0 Å². The van der Waals surface area contributed by atoms with Crippen LogP contribution in [0.2, 0.25) is 0 Å². The number of para-hydroxylation sites is 2. The Morgan fingerprint density at radius 3 is 2.89 bits per heavy atom. The molecule has 2 aromatic rings. The molecule has 1 aliphatic carbocycles. The van der Waals surface area contributed by atoms with Crippen molar-refractivity contribution in [3.05, 3.63) is 30.1 Å². The largest absolute Gasteiger partial charge is 0.391 e. The van der Waals surface area contributed by atoms with Crippen molar-refractivity contribution in [1.29, 1.82) is 0 Å². The second-order valence-electron chi connectivity index (χ2n) is 5.79. The van der Waals surface area contributed by atoms with Crippen molar-refractivity contribution in [2.45, 2.75) is 51.7 Å². The molecule has 3 unspecified atom stereocenters. The number of hydrogen-bond acceptors (Lipinski definition) is 2. The Morgan fingerprint density at radius 2 is 2.11 bits per heavy atom. The zero-order valence-corrected chi connectivity index (χ0v) is 11.7. The summed E-state index contributed by atoms with van der Waals surface area (Å²) in [6.45, 7) is 4.42. The lowest BCUT2D eigenvalue weighted by molar-refractivity contribution is 0.0583. The van der Waals surface area contributed by atoms with E-state index in [0.29, 0.717) is 5.92 Å². The van der Waals surface area contributed by atoms with Gasteiger partial charge in [-0.3, -0.25) is 0 Å². The third-order valence-electron chi connectivity index (χ3n) is 4.36. The topological polar surface area (TPSA) is 38.0 Å². The number of aromatic nitrogens is 2. The Hall–Kier alpha value is -1.35. The van der Waals surface area contributed by atoms with Crippen molar-refractivity contribution >= 4 is 11.0 Å². The normalized spacial score (nSPS) is 27.8. The van der Waals surface area contributed by atoms with Crippen LogP contribution in [0, 0.1) is 5.92 Å². The van der Waals surface area contributed by atoms with E-state index >= 15 is 0 Å². The van der Waals surface area contributed by atoms with Crippen LogP contribution in [0.4, 0.5) is 0 Å². The summed E-state index contributed by atoms with van der Waals surface area (Å²) in [5.74, 6) is 1.78. The number of rotatable bonds is 2. The minimum absolute atomic E-state index is 0.186. The van der Waals surface area contributed by atoms with Gasteiger partial charge in [0, 0.05) is 6.42 Å². The van der Waals surface area contributed by atoms with E-state index in [0.717, 1.165) is 42.5 Å². The minimum Gasteiger partial charge on any atom is -0.391 e. The van der Waals surface area contributed by atoms with Crippen LogP contribution >= 0.6 is 0 Å². The number of aryl methyl sites for hydroxylation is 1. The van der Waals surface area contributed by atoms with E-state index in [1.54, 1.807) is 0 Å². The van der Waals surface area contributed by atoms with Gasteiger partial charge in [0.15, 0.2) is 0 Å². The zero-order chi connectivity index (χ0) is 13.4. The van der Waals surface area contributed by atoms with Crippen LogP contribution in [-0.2, 0) is 6.42 Å². The summed E-state index contributed by atoms with van der Waals surface area (Å²) in [5, 5.41) is 10.4. The van der Waals surface area contributed by atoms with Crippen molar-refractivity contribution in [1.82, 2.24) is 9.55 Å². The molecule has 1 aliphatic rings. The van der Waals surface area contributed by atoms with Gasteiger partial charge in [0.05, 0.1) is 23.2 Å². The smallest absolute Gasteiger partial charge is 0.109 e. The summed E-state index contributed by atoms with van der Waals surface area (Å²) < 4.78 is 2.29. The van der Waals surface area contributed by atoms with Gasteiger partial charge in [0.1, 0.15) is 5.82 Å². The lowest BCUT2D eigenvalue weighted by Gasteiger charge is -2.33. The van der Waals surface area contributed by atoms with Gasteiger partial charge in [-0.2, -0.15) is 0 Å². The second-order valence-corrected chi connectivity index (χ2v) is 5.79. The molecular weight excluding hydrogens is 236 g/mol. The molecular formula is C16H22N2O. The summed E-state index contributed by atoms with van der Waals surface area (Å²) in [4.78, 5) is 4.72. The molecule has 0 bridgehead atoms. The van der Waals surface area contributed by atoms with Gasteiger partial charge < -0.3 is 9.67 Å². The molecule has 1 fully saturated rings. The molecule has 102 valence electrons. The fraction of sp³-hybridized carbons (Fsp3) is 0.562. The average molecular weight is 258 g/mol. The van der Waals surface area contributed by atoms with Crippen LogP contribution in [0.5, 0.6) is 0 Å². The molecule has 1 aromatic carbocycles.